The van der Waals surface area contributed by atoms with Gasteiger partial charge in [0, 0.05) is 30.7 Å². The number of carbonyl (C=O) groups excluding carboxylic acids is 2. The largest absolute Gasteiger partial charge is 0.450 e. The molecule has 5 nitrogen and oxygen atoms in total. The van der Waals surface area contributed by atoms with Gasteiger partial charge < -0.3 is 14.5 Å². The number of piperazine rings is 1. The van der Waals surface area contributed by atoms with Gasteiger partial charge in [-0.05, 0) is 31.5 Å². The van der Waals surface area contributed by atoms with Crippen molar-refractivity contribution in [3.05, 3.63) is 34.3 Å². The summed E-state index contributed by atoms with van der Waals surface area (Å²) in [5, 5.41) is 0. The summed E-state index contributed by atoms with van der Waals surface area (Å²) < 4.78 is 5.98. The molecular weight excluding hydrogens is 348 g/mol. The van der Waals surface area contributed by atoms with Gasteiger partial charge in [0.05, 0.1) is 12.5 Å². The molecule has 2 amide bonds. The van der Waals surface area contributed by atoms with Crippen molar-refractivity contribution in [1.82, 2.24) is 9.80 Å². The van der Waals surface area contributed by atoms with Gasteiger partial charge in [-0.15, -0.1) is 0 Å². The molecule has 1 fully saturated rings. The lowest BCUT2D eigenvalue weighted by Gasteiger charge is -2.35. The highest BCUT2D eigenvalue weighted by atomic mass is 79.9. The number of ether oxygens (including phenoxy) is 1. The highest BCUT2D eigenvalue weighted by molar-refractivity contribution is 9.10. The molecule has 2 rings (SSSR count). The standard InChI is InChI=1S/C16H21BrN2O3/c1-3-22-16(21)19-10-8-18(9-11-19)15(20)12(2)13-4-6-14(17)7-5-13/h4-7,12H,3,8-11H2,1-2H3. The lowest BCUT2D eigenvalue weighted by Crippen LogP contribution is -2.51. The molecule has 0 aliphatic carbocycles. The second-order valence-electron chi connectivity index (χ2n) is 5.28. The van der Waals surface area contributed by atoms with Gasteiger partial charge in [-0.2, -0.15) is 0 Å². The molecule has 6 heteroatoms. The van der Waals surface area contributed by atoms with Crippen LogP contribution >= 0.6 is 15.9 Å². The maximum atomic E-state index is 12.6. The second-order valence-corrected chi connectivity index (χ2v) is 6.20. The summed E-state index contributed by atoms with van der Waals surface area (Å²) in [7, 11) is 0. The molecule has 22 heavy (non-hydrogen) atoms. The molecule has 1 saturated heterocycles. The first-order chi connectivity index (χ1) is 10.5. The Labute approximate surface area is 139 Å². The zero-order valence-electron chi connectivity index (χ0n) is 12.9. The van der Waals surface area contributed by atoms with Crippen LogP contribution in [-0.2, 0) is 9.53 Å². The zero-order valence-corrected chi connectivity index (χ0v) is 14.5. The molecule has 1 aliphatic heterocycles. The van der Waals surface area contributed by atoms with E-state index in [0.29, 0.717) is 32.8 Å². The zero-order chi connectivity index (χ0) is 16.1. The number of halogens is 1. The van der Waals surface area contributed by atoms with Crippen LogP contribution in [0, 0.1) is 0 Å². The van der Waals surface area contributed by atoms with Crippen molar-refractivity contribution in [1.29, 1.82) is 0 Å². The van der Waals surface area contributed by atoms with Gasteiger partial charge in [-0.3, -0.25) is 4.79 Å². The molecule has 0 radical (unpaired) electrons. The maximum absolute atomic E-state index is 12.6. The lowest BCUT2D eigenvalue weighted by molar-refractivity contribution is -0.134. The number of hydrogen-bond donors (Lipinski definition) is 0. The van der Waals surface area contributed by atoms with E-state index in [4.69, 9.17) is 4.74 Å². The average molecular weight is 369 g/mol. The number of hydrogen-bond acceptors (Lipinski definition) is 3. The predicted octanol–water partition coefficient (Wildman–Crippen LogP) is 2.85. The smallest absolute Gasteiger partial charge is 0.409 e. The third kappa shape index (κ3) is 4.00. The third-order valence-corrected chi connectivity index (χ3v) is 4.39. The average Bonchev–Trinajstić information content (AvgIpc) is 2.54. The molecule has 120 valence electrons. The van der Waals surface area contributed by atoms with Gasteiger partial charge in [0.1, 0.15) is 0 Å². The summed E-state index contributed by atoms with van der Waals surface area (Å²) in [5.74, 6) is -0.0759. The SMILES string of the molecule is CCOC(=O)N1CCN(C(=O)C(C)c2ccc(Br)cc2)CC1. The summed E-state index contributed by atoms with van der Waals surface area (Å²) in [6.45, 7) is 6.24. The third-order valence-electron chi connectivity index (χ3n) is 3.86. The van der Waals surface area contributed by atoms with E-state index in [0.717, 1.165) is 10.0 Å². The molecule has 1 unspecified atom stereocenters. The highest BCUT2D eigenvalue weighted by Gasteiger charge is 2.27. The number of amides is 2. The van der Waals surface area contributed by atoms with Crippen molar-refractivity contribution >= 4 is 27.9 Å². The first-order valence-electron chi connectivity index (χ1n) is 7.49. The maximum Gasteiger partial charge on any atom is 0.409 e. The van der Waals surface area contributed by atoms with E-state index in [1.165, 1.54) is 0 Å². The van der Waals surface area contributed by atoms with Gasteiger partial charge in [0.15, 0.2) is 0 Å². The van der Waals surface area contributed by atoms with Crippen molar-refractivity contribution in [2.24, 2.45) is 0 Å². The highest BCUT2D eigenvalue weighted by Crippen LogP contribution is 2.21. The van der Waals surface area contributed by atoms with Gasteiger partial charge in [-0.25, -0.2) is 4.79 Å². The first kappa shape index (κ1) is 16.8. The summed E-state index contributed by atoms with van der Waals surface area (Å²) >= 11 is 3.40. The second kappa shape index (κ2) is 7.63. The van der Waals surface area contributed by atoms with Crippen molar-refractivity contribution in [3.8, 4) is 0 Å². The Hall–Kier alpha value is -1.56. The number of nitrogens with zero attached hydrogens (tertiary/aromatic N) is 2. The van der Waals surface area contributed by atoms with Crippen LogP contribution in [0.3, 0.4) is 0 Å². The topological polar surface area (TPSA) is 49.9 Å². The fourth-order valence-corrected chi connectivity index (χ4v) is 2.76. The van der Waals surface area contributed by atoms with Crippen molar-refractivity contribution in [3.63, 3.8) is 0 Å². The Bertz CT molecular complexity index is 525. The van der Waals surface area contributed by atoms with E-state index < -0.39 is 0 Å². The molecule has 0 saturated carbocycles. The van der Waals surface area contributed by atoms with Crippen LogP contribution in [0.1, 0.15) is 25.3 Å². The Balaban J connectivity index is 1.91. The monoisotopic (exact) mass is 368 g/mol. The molecule has 0 N–H and O–H groups in total. The van der Waals surface area contributed by atoms with Crippen LogP contribution in [0.5, 0.6) is 0 Å². The quantitative estimate of drug-likeness (QED) is 0.823. The van der Waals surface area contributed by atoms with E-state index in [9.17, 15) is 9.59 Å². The Kier molecular flexibility index (Phi) is 5.83. The van der Waals surface area contributed by atoms with Crippen molar-refractivity contribution in [2.45, 2.75) is 19.8 Å². The summed E-state index contributed by atoms with van der Waals surface area (Å²) in [6.07, 6.45) is -0.296. The molecule has 1 aromatic rings. The molecule has 1 aromatic carbocycles. The van der Waals surface area contributed by atoms with Crippen LogP contribution < -0.4 is 0 Å². The van der Waals surface area contributed by atoms with E-state index in [2.05, 4.69) is 15.9 Å². The molecule has 0 aromatic heterocycles. The number of benzene rings is 1. The van der Waals surface area contributed by atoms with Crippen LogP contribution in [-0.4, -0.2) is 54.6 Å². The Morgan fingerprint density at radius 3 is 2.23 bits per heavy atom. The van der Waals surface area contributed by atoms with Crippen molar-refractivity contribution in [2.75, 3.05) is 32.8 Å². The van der Waals surface area contributed by atoms with Gasteiger partial charge in [0.2, 0.25) is 5.91 Å². The van der Waals surface area contributed by atoms with Gasteiger partial charge in [-0.1, -0.05) is 28.1 Å². The van der Waals surface area contributed by atoms with Crippen LogP contribution in [0.2, 0.25) is 0 Å². The molecule has 1 atom stereocenters. The minimum Gasteiger partial charge on any atom is -0.450 e. The Morgan fingerprint density at radius 2 is 1.68 bits per heavy atom. The van der Waals surface area contributed by atoms with E-state index in [1.54, 1.807) is 11.8 Å². The fraction of sp³-hybridized carbons (Fsp3) is 0.500. The Morgan fingerprint density at radius 1 is 1.14 bits per heavy atom. The molecular formula is C16H21BrN2O3. The first-order valence-corrected chi connectivity index (χ1v) is 8.28. The van der Waals surface area contributed by atoms with Crippen LogP contribution in [0.25, 0.3) is 0 Å². The minimum absolute atomic E-state index is 0.103. The summed E-state index contributed by atoms with van der Waals surface area (Å²) in [5.41, 5.74) is 1.00. The minimum atomic E-state index is -0.296. The number of carbonyl (C=O) groups is 2. The van der Waals surface area contributed by atoms with Crippen LogP contribution in [0.4, 0.5) is 4.79 Å². The molecule has 0 bridgehead atoms. The van der Waals surface area contributed by atoms with E-state index in [1.807, 2.05) is 36.1 Å². The summed E-state index contributed by atoms with van der Waals surface area (Å²) in [4.78, 5) is 27.7. The van der Waals surface area contributed by atoms with Gasteiger partial charge >= 0.3 is 6.09 Å². The van der Waals surface area contributed by atoms with Crippen molar-refractivity contribution < 1.29 is 14.3 Å². The van der Waals surface area contributed by atoms with E-state index in [-0.39, 0.29) is 17.9 Å². The van der Waals surface area contributed by atoms with Crippen LogP contribution in [0.15, 0.2) is 28.7 Å². The fourth-order valence-electron chi connectivity index (χ4n) is 2.49. The van der Waals surface area contributed by atoms with E-state index >= 15 is 0 Å². The molecule has 0 spiro atoms. The van der Waals surface area contributed by atoms with Gasteiger partial charge in [0.25, 0.3) is 0 Å². The normalized spacial score (nSPS) is 16.3. The molecule has 1 heterocycles. The number of rotatable bonds is 3. The summed E-state index contributed by atoms with van der Waals surface area (Å²) in [6, 6.07) is 7.80. The lowest BCUT2D eigenvalue weighted by atomic mass is 9.99. The molecule has 1 aliphatic rings. The predicted molar refractivity (Wildman–Crippen MR) is 87.7 cm³/mol.